The molecule has 0 unspecified atom stereocenters. The number of ketones is 1. The summed E-state index contributed by atoms with van der Waals surface area (Å²) in [5, 5.41) is 5.01. The number of carbonyl (C=O) groups excluding carboxylic acids is 2. The molecule has 0 radical (unpaired) electrons. The van der Waals surface area contributed by atoms with E-state index >= 15 is 0 Å². The van der Waals surface area contributed by atoms with Crippen LogP contribution in [0, 0.1) is 0 Å². The Kier molecular flexibility index (Phi) is 1.76. The topological polar surface area (TPSA) is 49.7 Å². The highest BCUT2D eigenvalue weighted by Gasteiger charge is 2.32. The van der Waals surface area contributed by atoms with Crippen molar-refractivity contribution in [2.75, 3.05) is 0 Å². The van der Waals surface area contributed by atoms with Crippen molar-refractivity contribution in [2.45, 2.75) is 26.8 Å². The first-order valence-electron chi connectivity index (χ1n) is 3.47. The third-order valence-corrected chi connectivity index (χ3v) is 1.48. The van der Waals surface area contributed by atoms with Crippen LogP contribution in [0.4, 0.5) is 0 Å². The summed E-state index contributed by atoms with van der Waals surface area (Å²) in [7, 11) is 0. The van der Waals surface area contributed by atoms with Gasteiger partial charge in [-0.25, -0.2) is 5.01 Å². The zero-order chi connectivity index (χ0) is 8.59. The Balaban J connectivity index is 2.89. The summed E-state index contributed by atoms with van der Waals surface area (Å²) < 4.78 is 0. The molecule has 1 heterocycles. The molecule has 0 aliphatic carbocycles. The second kappa shape index (κ2) is 2.45. The van der Waals surface area contributed by atoms with Crippen LogP contribution in [0.15, 0.2) is 5.10 Å². The van der Waals surface area contributed by atoms with Crippen LogP contribution in [0.1, 0.15) is 20.8 Å². The lowest BCUT2D eigenvalue weighted by Crippen LogP contribution is -2.32. The molecule has 4 nitrogen and oxygen atoms in total. The molecule has 0 aromatic heterocycles. The smallest absolute Gasteiger partial charge is 0.282 e. The molecule has 1 rings (SSSR count). The van der Waals surface area contributed by atoms with E-state index in [0.29, 0.717) is 0 Å². The van der Waals surface area contributed by atoms with Crippen molar-refractivity contribution in [1.29, 1.82) is 0 Å². The molecule has 11 heavy (non-hydrogen) atoms. The Morgan fingerprint density at radius 1 is 1.36 bits per heavy atom. The van der Waals surface area contributed by atoms with E-state index in [1.165, 1.54) is 5.01 Å². The SMILES string of the molecule is CC1=NN(C(C)C)C(=O)C1=O. The van der Waals surface area contributed by atoms with E-state index in [2.05, 4.69) is 5.10 Å². The number of rotatable bonds is 1. The largest absolute Gasteiger partial charge is 0.316 e. The molecular formula is C7H10N2O2. The van der Waals surface area contributed by atoms with Gasteiger partial charge in [0.25, 0.3) is 5.78 Å². The van der Waals surface area contributed by atoms with Crippen LogP contribution in [0.5, 0.6) is 0 Å². The van der Waals surface area contributed by atoms with Gasteiger partial charge in [-0.1, -0.05) is 0 Å². The van der Waals surface area contributed by atoms with E-state index in [1.807, 2.05) is 13.8 Å². The number of nitrogens with zero attached hydrogens (tertiary/aromatic N) is 2. The lowest BCUT2D eigenvalue weighted by molar-refractivity contribution is -0.140. The van der Waals surface area contributed by atoms with Crippen molar-refractivity contribution in [3.63, 3.8) is 0 Å². The first-order chi connectivity index (χ1) is 5.04. The van der Waals surface area contributed by atoms with Crippen molar-refractivity contribution in [3.05, 3.63) is 0 Å². The van der Waals surface area contributed by atoms with E-state index < -0.39 is 11.7 Å². The van der Waals surface area contributed by atoms with Crippen molar-refractivity contribution in [3.8, 4) is 0 Å². The van der Waals surface area contributed by atoms with Crippen LogP contribution in [-0.4, -0.2) is 28.5 Å². The van der Waals surface area contributed by atoms with Gasteiger partial charge >= 0.3 is 5.91 Å². The highest BCUT2D eigenvalue weighted by Crippen LogP contribution is 2.08. The van der Waals surface area contributed by atoms with Gasteiger partial charge in [-0.15, -0.1) is 0 Å². The van der Waals surface area contributed by atoms with Crippen LogP contribution in [-0.2, 0) is 9.59 Å². The molecule has 0 fully saturated rings. The predicted molar refractivity (Wildman–Crippen MR) is 40.1 cm³/mol. The summed E-state index contributed by atoms with van der Waals surface area (Å²) in [6.07, 6.45) is 0. The number of Topliss-reactive ketones (excluding diaryl/α,β-unsaturated/α-hetero) is 1. The van der Waals surface area contributed by atoms with Crippen LogP contribution < -0.4 is 0 Å². The fourth-order valence-corrected chi connectivity index (χ4v) is 0.861. The molecular weight excluding hydrogens is 144 g/mol. The minimum Gasteiger partial charge on any atom is -0.282 e. The summed E-state index contributed by atoms with van der Waals surface area (Å²) in [6.45, 7) is 5.17. The molecule has 60 valence electrons. The highest BCUT2D eigenvalue weighted by atomic mass is 16.2. The van der Waals surface area contributed by atoms with Crippen LogP contribution >= 0.6 is 0 Å². The third kappa shape index (κ3) is 1.15. The van der Waals surface area contributed by atoms with Crippen LogP contribution in [0.25, 0.3) is 0 Å². The second-order valence-electron chi connectivity index (χ2n) is 2.76. The van der Waals surface area contributed by atoms with Gasteiger partial charge in [-0.2, -0.15) is 5.10 Å². The number of hydrogen-bond acceptors (Lipinski definition) is 3. The molecule has 4 heteroatoms. The second-order valence-corrected chi connectivity index (χ2v) is 2.76. The van der Waals surface area contributed by atoms with E-state index in [-0.39, 0.29) is 11.8 Å². The predicted octanol–water partition coefficient (Wildman–Crippen LogP) is 0.182. The van der Waals surface area contributed by atoms with Crippen LogP contribution in [0.2, 0.25) is 0 Å². The fraction of sp³-hybridized carbons (Fsp3) is 0.571. The third-order valence-electron chi connectivity index (χ3n) is 1.48. The molecule has 1 amide bonds. The maximum Gasteiger partial charge on any atom is 0.316 e. The van der Waals surface area contributed by atoms with Gasteiger partial charge in [-0.3, -0.25) is 9.59 Å². The Morgan fingerprint density at radius 3 is 2.09 bits per heavy atom. The molecule has 1 aliphatic rings. The fourth-order valence-electron chi connectivity index (χ4n) is 0.861. The van der Waals surface area contributed by atoms with Crippen molar-refractivity contribution < 1.29 is 9.59 Å². The summed E-state index contributed by atoms with van der Waals surface area (Å²) >= 11 is 0. The van der Waals surface area contributed by atoms with Gasteiger partial charge in [0.15, 0.2) is 0 Å². The van der Waals surface area contributed by atoms with Gasteiger partial charge in [0, 0.05) is 0 Å². The van der Waals surface area contributed by atoms with Gasteiger partial charge in [0.1, 0.15) is 5.71 Å². The Hall–Kier alpha value is -1.19. The maximum absolute atomic E-state index is 11.0. The molecule has 0 bridgehead atoms. The number of carbonyl (C=O) groups is 2. The normalized spacial score (nSPS) is 18.2. The quantitative estimate of drug-likeness (QED) is 0.506. The average molecular weight is 154 g/mol. The monoisotopic (exact) mass is 154 g/mol. The van der Waals surface area contributed by atoms with E-state index in [0.717, 1.165) is 0 Å². The van der Waals surface area contributed by atoms with E-state index in [9.17, 15) is 9.59 Å². The zero-order valence-electron chi connectivity index (χ0n) is 6.79. The molecule has 0 aromatic carbocycles. The summed E-state index contributed by atoms with van der Waals surface area (Å²) in [6, 6.07) is -0.0381. The summed E-state index contributed by atoms with van der Waals surface area (Å²) in [5.74, 6) is -1.00. The summed E-state index contributed by atoms with van der Waals surface area (Å²) in [5.41, 5.74) is 0.281. The average Bonchev–Trinajstić information content (AvgIpc) is 2.17. The highest BCUT2D eigenvalue weighted by molar-refractivity contribution is 6.66. The Bertz CT molecular complexity index is 243. The minimum absolute atomic E-state index is 0.0381. The minimum atomic E-state index is -0.516. The molecule has 0 spiro atoms. The van der Waals surface area contributed by atoms with Gasteiger partial charge in [0.2, 0.25) is 0 Å². The van der Waals surface area contributed by atoms with Gasteiger partial charge < -0.3 is 0 Å². The summed E-state index contributed by atoms with van der Waals surface area (Å²) in [4.78, 5) is 21.9. The molecule has 0 N–H and O–H groups in total. The van der Waals surface area contributed by atoms with Crippen molar-refractivity contribution in [2.24, 2.45) is 5.10 Å². The van der Waals surface area contributed by atoms with Crippen LogP contribution in [0.3, 0.4) is 0 Å². The number of hydrazone groups is 1. The number of hydrogen-bond donors (Lipinski definition) is 0. The standard InChI is InChI=1S/C7H10N2O2/c1-4(2)9-7(11)6(10)5(3)8-9/h4H,1-3H3. The molecule has 0 saturated heterocycles. The van der Waals surface area contributed by atoms with Crippen molar-refractivity contribution >= 4 is 17.4 Å². The van der Waals surface area contributed by atoms with Gasteiger partial charge in [0.05, 0.1) is 6.04 Å². The number of amides is 1. The lowest BCUT2D eigenvalue weighted by atomic mass is 10.2. The van der Waals surface area contributed by atoms with E-state index in [1.54, 1.807) is 6.92 Å². The Morgan fingerprint density at radius 2 is 1.91 bits per heavy atom. The van der Waals surface area contributed by atoms with Crippen molar-refractivity contribution in [1.82, 2.24) is 5.01 Å². The molecule has 0 saturated carbocycles. The zero-order valence-corrected chi connectivity index (χ0v) is 6.79. The maximum atomic E-state index is 11.0. The first kappa shape index (κ1) is 7.91. The molecule has 0 atom stereocenters. The van der Waals surface area contributed by atoms with Gasteiger partial charge in [-0.05, 0) is 20.8 Å². The van der Waals surface area contributed by atoms with E-state index in [4.69, 9.17) is 0 Å². The Labute approximate surface area is 64.9 Å². The molecule has 0 aromatic rings. The molecule has 1 aliphatic heterocycles. The first-order valence-corrected chi connectivity index (χ1v) is 3.47. The lowest BCUT2D eigenvalue weighted by Gasteiger charge is -2.13.